The summed E-state index contributed by atoms with van der Waals surface area (Å²) < 4.78 is 5.20. The zero-order chi connectivity index (χ0) is 19.2. The number of hydrogen-bond donors (Lipinski definition) is 3. The van der Waals surface area contributed by atoms with Crippen molar-refractivity contribution in [2.45, 2.75) is 26.5 Å². The van der Waals surface area contributed by atoms with Crippen molar-refractivity contribution in [3.05, 3.63) is 60.2 Å². The molecule has 0 saturated carbocycles. The van der Waals surface area contributed by atoms with Crippen LogP contribution in [-0.2, 0) is 16.1 Å². The number of aromatic nitrogens is 2. The molecule has 2 aromatic carbocycles. The Kier molecular flexibility index (Phi) is 5.71. The van der Waals surface area contributed by atoms with Gasteiger partial charge in [0, 0.05) is 0 Å². The van der Waals surface area contributed by atoms with Crippen LogP contribution in [0.5, 0.6) is 0 Å². The number of carbonyl (C=O) groups excluding carboxylic acids is 2. The third kappa shape index (κ3) is 4.84. The molecule has 0 fully saturated rings. The first-order valence-electron chi connectivity index (χ1n) is 8.76. The summed E-state index contributed by atoms with van der Waals surface area (Å²) in [5.41, 5.74) is 2.45. The second kappa shape index (κ2) is 8.35. The van der Waals surface area contributed by atoms with Crippen LogP contribution in [0, 0.1) is 5.92 Å². The van der Waals surface area contributed by atoms with Gasteiger partial charge < -0.3 is 15.0 Å². The number of para-hydroxylation sites is 2. The van der Waals surface area contributed by atoms with Crippen molar-refractivity contribution in [1.29, 1.82) is 0 Å². The molecule has 0 saturated heterocycles. The standard InChI is InChI=1S/C20H22N4O3/c1-13(2)17(23-20(26)27-12-14-8-4-3-5-9-14)18(25)24-19-21-15-10-6-7-11-16(15)22-19/h3-11,13,17H,12H2,1-2H3,(H,23,26)(H2,21,22,24,25)/t17-/m1/s1. The van der Waals surface area contributed by atoms with Crippen LogP contribution in [-0.4, -0.2) is 28.0 Å². The lowest BCUT2D eigenvalue weighted by Crippen LogP contribution is -2.47. The number of aromatic amines is 1. The molecule has 1 atom stereocenters. The number of nitrogens with one attached hydrogen (secondary N) is 3. The first-order valence-corrected chi connectivity index (χ1v) is 8.76. The SMILES string of the molecule is CC(C)[C@@H](NC(=O)OCc1ccccc1)C(=O)Nc1nc2ccccc2[nH]1. The van der Waals surface area contributed by atoms with Crippen LogP contribution in [0.2, 0.25) is 0 Å². The molecule has 27 heavy (non-hydrogen) atoms. The summed E-state index contributed by atoms with van der Waals surface area (Å²) >= 11 is 0. The second-order valence-corrected chi connectivity index (χ2v) is 6.52. The number of benzene rings is 2. The van der Waals surface area contributed by atoms with Crippen molar-refractivity contribution in [3.8, 4) is 0 Å². The molecule has 3 aromatic rings. The van der Waals surface area contributed by atoms with Crippen LogP contribution < -0.4 is 10.6 Å². The van der Waals surface area contributed by atoms with Gasteiger partial charge in [0.25, 0.3) is 0 Å². The summed E-state index contributed by atoms with van der Waals surface area (Å²) in [6.45, 7) is 3.84. The minimum Gasteiger partial charge on any atom is -0.445 e. The van der Waals surface area contributed by atoms with Gasteiger partial charge in [0.2, 0.25) is 11.9 Å². The number of carbonyl (C=O) groups is 2. The number of nitrogens with zero attached hydrogens (tertiary/aromatic N) is 1. The lowest BCUT2D eigenvalue weighted by Gasteiger charge is -2.20. The number of rotatable bonds is 6. The Morgan fingerprint density at radius 2 is 1.78 bits per heavy atom. The first-order chi connectivity index (χ1) is 13.0. The Morgan fingerprint density at radius 3 is 2.48 bits per heavy atom. The number of H-pyrrole nitrogens is 1. The number of ether oxygens (including phenoxy) is 1. The van der Waals surface area contributed by atoms with E-state index in [1.807, 2.05) is 68.4 Å². The molecule has 1 aromatic heterocycles. The van der Waals surface area contributed by atoms with E-state index in [2.05, 4.69) is 20.6 Å². The second-order valence-electron chi connectivity index (χ2n) is 6.52. The van der Waals surface area contributed by atoms with E-state index in [4.69, 9.17) is 4.74 Å². The van der Waals surface area contributed by atoms with Crippen molar-refractivity contribution in [3.63, 3.8) is 0 Å². The fourth-order valence-electron chi connectivity index (χ4n) is 2.63. The summed E-state index contributed by atoms with van der Waals surface area (Å²) in [4.78, 5) is 32.0. The van der Waals surface area contributed by atoms with Crippen LogP contribution in [0.4, 0.5) is 10.7 Å². The normalized spacial score (nSPS) is 12.0. The van der Waals surface area contributed by atoms with E-state index in [9.17, 15) is 9.59 Å². The molecule has 0 aliphatic carbocycles. The number of hydrogen-bond acceptors (Lipinski definition) is 4. The molecule has 7 heteroatoms. The van der Waals surface area contributed by atoms with E-state index in [0.717, 1.165) is 16.6 Å². The minimum atomic E-state index is -0.749. The molecule has 140 valence electrons. The zero-order valence-corrected chi connectivity index (χ0v) is 15.2. The highest BCUT2D eigenvalue weighted by atomic mass is 16.5. The van der Waals surface area contributed by atoms with E-state index < -0.39 is 12.1 Å². The number of alkyl carbamates (subject to hydrolysis) is 1. The summed E-state index contributed by atoms with van der Waals surface area (Å²) in [5, 5.41) is 5.34. The molecule has 0 bridgehead atoms. The lowest BCUT2D eigenvalue weighted by molar-refractivity contribution is -0.119. The third-order valence-electron chi connectivity index (χ3n) is 4.07. The Morgan fingerprint density at radius 1 is 1.07 bits per heavy atom. The number of fused-ring (bicyclic) bond motifs is 1. The Labute approximate surface area is 157 Å². The fraction of sp³-hybridized carbons (Fsp3) is 0.250. The number of anilines is 1. The molecule has 1 heterocycles. The van der Waals surface area contributed by atoms with Crippen molar-refractivity contribution >= 4 is 29.0 Å². The van der Waals surface area contributed by atoms with Crippen LogP contribution in [0.25, 0.3) is 11.0 Å². The predicted octanol–water partition coefficient (Wildman–Crippen LogP) is 3.45. The molecule has 0 aliphatic heterocycles. The molecule has 0 spiro atoms. The topological polar surface area (TPSA) is 96.1 Å². The van der Waals surface area contributed by atoms with E-state index in [0.29, 0.717) is 5.95 Å². The van der Waals surface area contributed by atoms with Gasteiger partial charge in [0.05, 0.1) is 11.0 Å². The van der Waals surface area contributed by atoms with E-state index in [1.165, 1.54) is 0 Å². The molecule has 0 radical (unpaired) electrons. The highest BCUT2D eigenvalue weighted by Gasteiger charge is 2.25. The molecule has 0 aliphatic rings. The van der Waals surface area contributed by atoms with Crippen molar-refractivity contribution in [2.75, 3.05) is 5.32 Å². The third-order valence-corrected chi connectivity index (χ3v) is 4.07. The largest absolute Gasteiger partial charge is 0.445 e. The van der Waals surface area contributed by atoms with Gasteiger partial charge in [-0.1, -0.05) is 56.3 Å². The quantitative estimate of drug-likeness (QED) is 0.622. The Balaban J connectivity index is 1.60. The lowest BCUT2D eigenvalue weighted by atomic mass is 10.0. The average Bonchev–Trinajstić information content (AvgIpc) is 3.07. The maximum atomic E-state index is 12.6. The average molecular weight is 366 g/mol. The van der Waals surface area contributed by atoms with Crippen molar-refractivity contribution in [1.82, 2.24) is 15.3 Å². The van der Waals surface area contributed by atoms with Gasteiger partial charge in [-0.05, 0) is 23.6 Å². The van der Waals surface area contributed by atoms with Crippen molar-refractivity contribution < 1.29 is 14.3 Å². The Bertz CT molecular complexity index is 888. The summed E-state index contributed by atoms with van der Waals surface area (Å²) in [6.07, 6.45) is -0.641. The van der Waals surface area contributed by atoms with Gasteiger partial charge in [-0.15, -0.1) is 0 Å². The van der Waals surface area contributed by atoms with E-state index >= 15 is 0 Å². The summed E-state index contributed by atoms with van der Waals surface area (Å²) in [7, 11) is 0. The first kappa shape index (κ1) is 18.4. The molecule has 0 unspecified atom stereocenters. The molecule has 7 nitrogen and oxygen atoms in total. The molecular formula is C20H22N4O3. The van der Waals surface area contributed by atoms with E-state index in [-0.39, 0.29) is 18.4 Å². The van der Waals surface area contributed by atoms with Gasteiger partial charge in [-0.2, -0.15) is 0 Å². The van der Waals surface area contributed by atoms with Crippen LogP contribution >= 0.6 is 0 Å². The van der Waals surface area contributed by atoms with Gasteiger partial charge >= 0.3 is 6.09 Å². The van der Waals surface area contributed by atoms with Gasteiger partial charge in [-0.25, -0.2) is 9.78 Å². The number of amides is 2. The van der Waals surface area contributed by atoms with Gasteiger partial charge in [-0.3, -0.25) is 10.1 Å². The smallest absolute Gasteiger partial charge is 0.408 e. The molecule has 3 rings (SSSR count). The maximum Gasteiger partial charge on any atom is 0.408 e. The van der Waals surface area contributed by atoms with Crippen LogP contribution in [0.1, 0.15) is 19.4 Å². The molecule has 2 amide bonds. The fourth-order valence-corrected chi connectivity index (χ4v) is 2.63. The van der Waals surface area contributed by atoms with Crippen LogP contribution in [0.3, 0.4) is 0 Å². The van der Waals surface area contributed by atoms with Crippen LogP contribution in [0.15, 0.2) is 54.6 Å². The summed E-state index contributed by atoms with van der Waals surface area (Å²) in [6, 6.07) is 16.1. The number of imidazole rings is 1. The van der Waals surface area contributed by atoms with Gasteiger partial charge in [0.15, 0.2) is 0 Å². The maximum absolute atomic E-state index is 12.6. The zero-order valence-electron chi connectivity index (χ0n) is 15.2. The minimum absolute atomic E-state index is 0.126. The monoisotopic (exact) mass is 366 g/mol. The molecule has 3 N–H and O–H groups in total. The summed E-state index contributed by atoms with van der Waals surface area (Å²) in [5.74, 6) is -0.148. The highest BCUT2D eigenvalue weighted by molar-refractivity contribution is 5.96. The highest BCUT2D eigenvalue weighted by Crippen LogP contribution is 2.14. The van der Waals surface area contributed by atoms with Gasteiger partial charge in [0.1, 0.15) is 12.6 Å². The predicted molar refractivity (Wildman–Crippen MR) is 103 cm³/mol. The molecular weight excluding hydrogens is 344 g/mol. The Hall–Kier alpha value is -3.35. The van der Waals surface area contributed by atoms with E-state index in [1.54, 1.807) is 0 Å². The van der Waals surface area contributed by atoms with Crippen molar-refractivity contribution in [2.24, 2.45) is 5.92 Å².